The summed E-state index contributed by atoms with van der Waals surface area (Å²) in [7, 11) is 0. The summed E-state index contributed by atoms with van der Waals surface area (Å²) in [5.74, 6) is 0.734. The highest BCUT2D eigenvalue weighted by atomic mass is 15.2. The third-order valence-corrected chi connectivity index (χ3v) is 4.26. The van der Waals surface area contributed by atoms with Crippen LogP contribution in [0.4, 0.5) is 0 Å². The molecule has 2 heteroatoms. The van der Waals surface area contributed by atoms with Crippen LogP contribution < -0.4 is 5.32 Å². The van der Waals surface area contributed by atoms with E-state index in [1.165, 1.54) is 25.8 Å². The van der Waals surface area contributed by atoms with Gasteiger partial charge in [0.1, 0.15) is 0 Å². The molecule has 1 aliphatic heterocycles. The van der Waals surface area contributed by atoms with Gasteiger partial charge in [-0.2, -0.15) is 0 Å². The smallest absolute Gasteiger partial charge is 0.0113 e. The number of hydrogen-bond donors (Lipinski definition) is 1. The fourth-order valence-electron chi connectivity index (χ4n) is 2.62. The van der Waals surface area contributed by atoms with Gasteiger partial charge in [-0.3, -0.25) is 4.90 Å². The van der Waals surface area contributed by atoms with Gasteiger partial charge in [-0.15, -0.1) is 0 Å². The molecule has 0 bridgehead atoms. The second kappa shape index (κ2) is 6.61. The van der Waals surface area contributed by atoms with Gasteiger partial charge in [0, 0.05) is 31.2 Å². The molecule has 0 aromatic carbocycles. The van der Waals surface area contributed by atoms with Gasteiger partial charge < -0.3 is 5.32 Å². The van der Waals surface area contributed by atoms with Gasteiger partial charge in [0.15, 0.2) is 0 Å². The lowest BCUT2D eigenvalue weighted by Crippen LogP contribution is -2.42. The second-order valence-corrected chi connectivity index (χ2v) is 5.71. The van der Waals surface area contributed by atoms with Crippen LogP contribution >= 0.6 is 0 Å². The SMILES string of the molecule is CCC1CCC(C)N1CCNC(C)C(C)C. The molecule has 0 aliphatic carbocycles. The molecule has 1 fully saturated rings. The van der Waals surface area contributed by atoms with E-state index >= 15 is 0 Å². The van der Waals surface area contributed by atoms with E-state index in [0.717, 1.165) is 24.5 Å². The Labute approximate surface area is 102 Å². The molecule has 1 N–H and O–H groups in total. The Hall–Kier alpha value is -0.0800. The molecule has 16 heavy (non-hydrogen) atoms. The van der Waals surface area contributed by atoms with E-state index in [-0.39, 0.29) is 0 Å². The summed E-state index contributed by atoms with van der Waals surface area (Å²) >= 11 is 0. The highest BCUT2D eigenvalue weighted by Gasteiger charge is 2.28. The Balaban J connectivity index is 2.25. The molecule has 3 unspecified atom stereocenters. The second-order valence-electron chi connectivity index (χ2n) is 5.71. The molecule has 3 atom stereocenters. The third kappa shape index (κ3) is 3.74. The molecule has 0 amide bonds. The van der Waals surface area contributed by atoms with E-state index in [1.807, 2.05) is 0 Å². The van der Waals surface area contributed by atoms with Crippen LogP contribution in [0.25, 0.3) is 0 Å². The molecule has 0 saturated carbocycles. The summed E-state index contributed by atoms with van der Waals surface area (Å²) in [4.78, 5) is 2.69. The van der Waals surface area contributed by atoms with Crippen LogP contribution in [0.15, 0.2) is 0 Å². The van der Waals surface area contributed by atoms with Gasteiger partial charge in [-0.1, -0.05) is 20.8 Å². The minimum Gasteiger partial charge on any atom is -0.313 e. The summed E-state index contributed by atoms with van der Waals surface area (Å²) < 4.78 is 0. The van der Waals surface area contributed by atoms with Crippen molar-refractivity contribution in [1.82, 2.24) is 10.2 Å². The third-order valence-electron chi connectivity index (χ3n) is 4.26. The van der Waals surface area contributed by atoms with Crippen LogP contribution in [0, 0.1) is 5.92 Å². The molecular formula is C14H30N2. The standard InChI is InChI=1S/C14H30N2/c1-6-14-8-7-12(4)16(14)10-9-15-13(5)11(2)3/h11-15H,6-10H2,1-5H3. The fraction of sp³-hybridized carbons (Fsp3) is 1.00. The lowest BCUT2D eigenvalue weighted by molar-refractivity contribution is 0.195. The van der Waals surface area contributed by atoms with Crippen molar-refractivity contribution in [3.63, 3.8) is 0 Å². The van der Waals surface area contributed by atoms with Crippen molar-refractivity contribution in [1.29, 1.82) is 0 Å². The molecule has 1 rings (SSSR count). The summed E-state index contributed by atoms with van der Waals surface area (Å²) in [6, 6.07) is 2.27. The molecule has 1 saturated heterocycles. The van der Waals surface area contributed by atoms with Crippen molar-refractivity contribution in [3.05, 3.63) is 0 Å². The normalized spacial score (nSPS) is 28.9. The minimum atomic E-state index is 0.637. The van der Waals surface area contributed by atoms with E-state index in [2.05, 4.69) is 44.8 Å². The van der Waals surface area contributed by atoms with Gasteiger partial charge in [0.25, 0.3) is 0 Å². The lowest BCUT2D eigenvalue weighted by Gasteiger charge is -2.28. The maximum atomic E-state index is 3.63. The molecular weight excluding hydrogens is 196 g/mol. The van der Waals surface area contributed by atoms with Gasteiger partial charge >= 0.3 is 0 Å². The maximum Gasteiger partial charge on any atom is 0.0113 e. The predicted molar refractivity (Wildman–Crippen MR) is 71.8 cm³/mol. The summed E-state index contributed by atoms with van der Waals surface area (Å²) in [6.07, 6.45) is 4.10. The van der Waals surface area contributed by atoms with Crippen molar-refractivity contribution < 1.29 is 0 Å². The van der Waals surface area contributed by atoms with Crippen molar-refractivity contribution in [2.45, 2.75) is 72.0 Å². The Morgan fingerprint density at radius 1 is 1.25 bits per heavy atom. The molecule has 0 aromatic rings. The molecule has 0 spiro atoms. The highest BCUT2D eigenvalue weighted by Crippen LogP contribution is 2.25. The maximum absolute atomic E-state index is 3.63. The van der Waals surface area contributed by atoms with Crippen molar-refractivity contribution in [2.24, 2.45) is 5.92 Å². The number of likely N-dealkylation sites (tertiary alicyclic amines) is 1. The first-order chi connectivity index (χ1) is 7.56. The van der Waals surface area contributed by atoms with Crippen LogP contribution in [0.1, 0.15) is 53.9 Å². The highest BCUT2D eigenvalue weighted by molar-refractivity contribution is 4.84. The van der Waals surface area contributed by atoms with Gasteiger partial charge in [-0.25, -0.2) is 0 Å². The topological polar surface area (TPSA) is 15.3 Å². The molecule has 1 heterocycles. The molecule has 0 aromatic heterocycles. The summed E-state index contributed by atoms with van der Waals surface area (Å²) in [5.41, 5.74) is 0. The molecule has 96 valence electrons. The number of nitrogens with one attached hydrogen (secondary N) is 1. The monoisotopic (exact) mass is 226 g/mol. The van der Waals surface area contributed by atoms with E-state index in [4.69, 9.17) is 0 Å². The largest absolute Gasteiger partial charge is 0.313 e. The van der Waals surface area contributed by atoms with E-state index in [0.29, 0.717) is 6.04 Å². The Morgan fingerprint density at radius 3 is 2.50 bits per heavy atom. The van der Waals surface area contributed by atoms with E-state index in [9.17, 15) is 0 Å². The van der Waals surface area contributed by atoms with Crippen molar-refractivity contribution in [3.8, 4) is 0 Å². The first kappa shape index (κ1) is 14.0. The van der Waals surface area contributed by atoms with Crippen molar-refractivity contribution in [2.75, 3.05) is 13.1 Å². The molecule has 2 nitrogen and oxygen atoms in total. The first-order valence-corrected chi connectivity index (χ1v) is 7.05. The van der Waals surface area contributed by atoms with Crippen LogP contribution in [-0.4, -0.2) is 36.1 Å². The average molecular weight is 226 g/mol. The predicted octanol–water partition coefficient (Wildman–Crippen LogP) is 2.88. The minimum absolute atomic E-state index is 0.637. The number of hydrogen-bond acceptors (Lipinski definition) is 2. The Bertz CT molecular complexity index is 191. The average Bonchev–Trinajstić information content (AvgIpc) is 2.59. The van der Waals surface area contributed by atoms with Crippen LogP contribution in [0.5, 0.6) is 0 Å². The molecule has 0 radical (unpaired) electrons. The number of rotatable bonds is 6. The van der Waals surface area contributed by atoms with E-state index < -0.39 is 0 Å². The van der Waals surface area contributed by atoms with Gasteiger partial charge in [0.2, 0.25) is 0 Å². The summed E-state index contributed by atoms with van der Waals surface area (Å²) in [6.45, 7) is 13.9. The van der Waals surface area contributed by atoms with Crippen molar-refractivity contribution >= 4 is 0 Å². The van der Waals surface area contributed by atoms with Crippen LogP contribution in [-0.2, 0) is 0 Å². The van der Waals surface area contributed by atoms with Crippen LogP contribution in [0.3, 0.4) is 0 Å². The summed E-state index contributed by atoms with van der Waals surface area (Å²) in [5, 5.41) is 3.63. The Kier molecular flexibility index (Phi) is 5.77. The fourth-order valence-corrected chi connectivity index (χ4v) is 2.62. The van der Waals surface area contributed by atoms with Crippen LogP contribution in [0.2, 0.25) is 0 Å². The first-order valence-electron chi connectivity index (χ1n) is 7.05. The van der Waals surface area contributed by atoms with Gasteiger partial charge in [0.05, 0.1) is 0 Å². The van der Waals surface area contributed by atoms with E-state index in [1.54, 1.807) is 0 Å². The zero-order valence-electron chi connectivity index (χ0n) is 11.8. The zero-order chi connectivity index (χ0) is 12.1. The Morgan fingerprint density at radius 2 is 1.94 bits per heavy atom. The lowest BCUT2D eigenvalue weighted by atomic mass is 10.1. The van der Waals surface area contributed by atoms with Gasteiger partial charge in [-0.05, 0) is 39.0 Å². The quantitative estimate of drug-likeness (QED) is 0.749. The number of nitrogens with zero attached hydrogens (tertiary/aromatic N) is 1. The molecule has 1 aliphatic rings. The zero-order valence-corrected chi connectivity index (χ0v) is 11.8.